The molecule has 3 aromatic carbocycles. The van der Waals surface area contributed by atoms with Gasteiger partial charge in [0.1, 0.15) is 23.6 Å². The number of carbonyl (C=O) groups excluding carboxylic acids is 2. The molecule has 294 valence electrons. The third-order valence-corrected chi connectivity index (χ3v) is 10.8. The fourth-order valence-corrected chi connectivity index (χ4v) is 7.79. The van der Waals surface area contributed by atoms with Crippen LogP contribution in [-0.4, -0.2) is 66.2 Å². The van der Waals surface area contributed by atoms with E-state index in [1.165, 1.54) is 0 Å². The molecule has 2 saturated heterocycles. The maximum atomic E-state index is 14.2. The molecule has 0 spiro atoms. The maximum absolute atomic E-state index is 14.2. The fraction of sp³-hybridized carbons (Fsp3) is 0.429. The quantitative estimate of drug-likeness (QED) is 0.107. The lowest BCUT2D eigenvalue weighted by atomic mass is 9.98. The average molecular weight is 802 g/mol. The normalized spacial score (nSPS) is 18.7. The molecule has 2 fully saturated rings. The predicted molar refractivity (Wildman–Crippen MR) is 209 cm³/mol. The number of aryl methyl sites for hydroxylation is 1. The number of nitrogens with zero attached hydrogens (tertiary/aromatic N) is 6. The lowest BCUT2D eigenvalue weighted by Crippen LogP contribution is -2.48. The molecule has 0 N–H and O–H groups in total. The van der Waals surface area contributed by atoms with Crippen molar-refractivity contribution in [3.05, 3.63) is 118 Å². The Morgan fingerprint density at radius 1 is 0.750 bits per heavy atom. The van der Waals surface area contributed by atoms with Crippen LogP contribution in [0.1, 0.15) is 101 Å². The Kier molecular flexibility index (Phi) is 11.7. The lowest BCUT2D eigenvalue weighted by Gasteiger charge is -2.32. The monoisotopic (exact) mass is 800 g/mol. The topological polar surface area (TPSA) is 137 Å². The number of hydrogen-bond donors (Lipinski definition) is 0. The molecule has 0 saturated carbocycles. The van der Waals surface area contributed by atoms with Gasteiger partial charge in [-0.3, -0.25) is 9.59 Å². The maximum Gasteiger partial charge on any atom is 0.266 e. The van der Waals surface area contributed by atoms with Crippen molar-refractivity contribution in [2.45, 2.75) is 95.9 Å². The van der Waals surface area contributed by atoms with E-state index in [2.05, 4.69) is 10.3 Å². The van der Waals surface area contributed by atoms with Gasteiger partial charge in [0, 0.05) is 36.0 Å². The first-order chi connectivity index (χ1) is 26.8. The highest BCUT2D eigenvalue weighted by Crippen LogP contribution is 2.40. The first kappa shape index (κ1) is 39.3. The number of ether oxygens (including phenoxy) is 2. The Morgan fingerprint density at radius 2 is 1.30 bits per heavy atom. The molecular formula is C42H46Cl2N6O6. The largest absolute Gasteiger partial charge is 0.478 e. The molecule has 1 unspecified atom stereocenters. The number of aromatic nitrogens is 4. The van der Waals surface area contributed by atoms with Gasteiger partial charge >= 0.3 is 0 Å². The standard InChI is InChI=1S/C42H46Cl2N6O6/c1-41(2,53-31-19-15-29(43)16-20-31)39(51)49-23-9-13-33(49)37-45-35(47-55-37)14-8-12-28-24-34(38-46-36(48-56-38)25-27-10-6-5-7-11-27)50(26-28)40(52)42(3,4)54-32-21-17-30(44)18-22-32/h5-7,10-11,15-22,28,33-34H,8-9,12-14,23-26H2,1-4H3/t28?,33-,34-/m0/s1. The summed E-state index contributed by atoms with van der Waals surface area (Å²) < 4.78 is 23.9. The Morgan fingerprint density at radius 3 is 1.93 bits per heavy atom. The van der Waals surface area contributed by atoms with Crippen molar-refractivity contribution < 1.29 is 28.1 Å². The van der Waals surface area contributed by atoms with Crippen LogP contribution >= 0.6 is 23.2 Å². The van der Waals surface area contributed by atoms with E-state index in [-0.39, 0.29) is 23.8 Å². The van der Waals surface area contributed by atoms with Gasteiger partial charge in [0.2, 0.25) is 11.8 Å². The van der Waals surface area contributed by atoms with Gasteiger partial charge in [-0.1, -0.05) is 63.8 Å². The number of amides is 2. The molecule has 0 bridgehead atoms. The SMILES string of the molecule is CC(C)(Oc1ccc(Cl)cc1)C(=O)N1CCC[C@H]1c1nc(CCCC2C[C@@H](c3nc(Cc4ccccc4)no3)N(C(=O)C(C)(C)Oc3ccc(Cl)cc3)C2)no1. The van der Waals surface area contributed by atoms with Gasteiger partial charge in [-0.15, -0.1) is 0 Å². The van der Waals surface area contributed by atoms with Gasteiger partial charge in [-0.05, 0) is 120 Å². The van der Waals surface area contributed by atoms with E-state index in [1.807, 2.05) is 35.2 Å². The molecule has 2 aromatic heterocycles. The van der Waals surface area contributed by atoms with Crippen LogP contribution in [0.4, 0.5) is 0 Å². The van der Waals surface area contributed by atoms with E-state index in [9.17, 15) is 9.59 Å². The number of rotatable bonds is 14. The molecule has 0 aliphatic carbocycles. The van der Waals surface area contributed by atoms with Crippen LogP contribution in [0.2, 0.25) is 10.0 Å². The Balaban J connectivity index is 0.997. The lowest BCUT2D eigenvalue weighted by molar-refractivity contribution is -0.147. The van der Waals surface area contributed by atoms with Gasteiger partial charge in [-0.25, -0.2) is 0 Å². The summed E-state index contributed by atoms with van der Waals surface area (Å²) in [5.41, 5.74) is -1.23. The molecule has 14 heteroatoms. The summed E-state index contributed by atoms with van der Waals surface area (Å²) in [6.07, 6.45) is 4.86. The smallest absolute Gasteiger partial charge is 0.266 e. The van der Waals surface area contributed by atoms with Crippen LogP contribution < -0.4 is 9.47 Å². The summed E-state index contributed by atoms with van der Waals surface area (Å²) in [6.45, 7) is 8.13. The molecule has 12 nitrogen and oxygen atoms in total. The number of hydrogen-bond acceptors (Lipinski definition) is 10. The molecule has 2 amide bonds. The highest BCUT2D eigenvalue weighted by atomic mass is 35.5. The van der Waals surface area contributed by atoms with Crippen LogP contribution in [0.25, 0.3) is 0 Å². The number of halogens is 2. The van der Waals surface area contributed by atoms with E-state index >= 15 is 0 Å². The van der Waals surface area contributed by atoms with E-state index in [1.54, 1.807) is 81.1 Å². The van der Waals surface area contributed by atoms with Crippen molar-refractivity contribution in [3.8, 4) is 11.5 Å². The number of benzene rings is 3. The molecular weight excluding hydrogens is 755 g/mol. The van der Waals surface area contributed by atoms with Crippen molar-refractivity contribution in [2.24, 2.45) is 5.92 Å². The molecule has 2 aliphatic rings. The van der Waals surface area contributed by atoms with Gasteiger partial charge in [0.25, 0.3) is 11.8 Å². The fourth-order valence-electron chi connectivity index (χ4n) is 7.54. The van der Waals surface area contributed by atoms with Crippen molar-refractivity contribution in [1.29, 1.82) is 0 Å². The summed E-state index contributed by atoms with van der Waals surface area (Å²) >= 11 is 12.1. The van der Waals surface area contributed by atoms with Gasteiger partial charge < -0.3 is 28.3 Å². The third-order valence-electron chi connectivity index (χ3n) is 10.3. The highest BCUT2D eigenvalue weighted by molar-refractivity contribution is 6.30. The van der Waals surface area contributed by atoms with E-state index < -0.39 is 17.2 Å². The molecule has 7 rings (SSSR count). The van der Waals surface area contributed by atoms with Crippen LogP contribution in [0.15, 0.2) is 87.9 Å². The Labute approximate surface area is 336 Å². The van der Waals surface area contributed by atoms with Crippen LogP contribution in [-0.2, 0) is 22.4 Å². The minimum Gasteiger partial charge on any atom is -0.478 e. The van der Waals surface area contributed by atoms with Crippen molar-refractivity contribution >= 4 is 35.0 Å². The summed E-state index contributed by atoms with van der Waals surface area (Å²) in [4.78, 5) is 41.1. The minimum absolute atomic E-state index is 0.150. The van der Waals surface area contributed by atoms with Gasteiger partial charge in [0.15, 0.2) is 22.9 Å². The number of carbonyl (C=O) groups is 2. The van der Waals surface area contributed by atoms with E-state index in [4.69, 9.17) is 51.7 Å². The second kappa shape index (κ2) is 16.7. The van der Waals surface area contributed by atoms with Crippen LogP contribution in [0, 0.1) is 5.92 Å². The first-order valence-electron chi connectivity index (χ1n) is 19.0. The Hall–Kier alpha value is -4.94. The summed E-state index contributed by atoms with van der Waals surface area (Å²) in [6, 6.07) is 23.1. The predicted octanol–water partition coefficient (Wildman–Crippen LogP) is 8.64. The minimum atomic E-state index is -1.18. The van der Waals surface area contributed by atoms with E-state index in [0.29, 0.717) is 77.3 Å². The molecule has 2 aliphatic heterocycles. The second-order valence-corrected chi connectivity index (χ2v) is 16.4. The highest BCUT2D eigenvalue weighted by Gasteiger charge is 2.45. The Bertz CT molecular complexity index is 2100. The van der Waals surface area contributed by atoms with Crippen LogP contribution in [0.3, 0.4) is 0 Å². The zero-order chi connectivity index (χ0) is 39.5. The summed E-state index contributed by atoms with van der Waals surface area (Å²) in [5, 5.41) is 9.73. The van der Waals surface area contributed by atoms with E-state index in [0.717, 1.165) is 31.2 Å². The van der Waals surface area contributed by atoms with Crippen LogP contribution in [0.5, 0.6) is 11.5 Å². The van der Waals surface area contributed by atoms with Gasteiger partial charge in [-0.2, -0.15) is 9.97 Å². The van der Waals surface area contributed by atoms with Gasteiger partial charge in [0.05, 0.1) is 0 Å². The molecule has 56 heavy (non-hydrogen) atoms. The zero-order valence-corrected chi connectivity index (χ0v) is 33.5. The molecule has 4 heterocycles. The van der Waals surface area contributed by atoms with Crippen molar-refractivity contribution in [1.82, 2.24) is 30.1 Å². The second-order valence-electron chi connectivity index (χ2n) is 15.5. The summed E-state index contributed by atoms with van der Waals surface area (Å²) in [7, 11) is 0. The first-order valence-corrected chi connectivity index (χ1v) is 19.8. The zero-order valence-electron chi connectivity index (χ0n) is 32.0. The van der Waals surface area contributed by atoms with Crippen molar-refractivity contribution in [2.75, 3.05) is 13.1 Å². The third kappa shape index (κ3) is 9.19. The average Bonchev–Trinajstić information content (AvgIpc) is 4.01. The van der Waals surface area contributed by atoms with Crippen molar-refractivity contribution in [3.63, 3.8) is 0 Å². The molecule has 3 atom stereocenters. The molecule has 0 radical (unpaired) electrons. The number of likely N-dealkylation sites (tertiary alicyclic amines) is 2. The summed E-state index contributed by atoms with van der Waals surface area (Å²) in [5.74, 6) is 2.91. The molecule has 5 aromatic rings.